The molecule has 0 bridgehead atoms. The Kier molecular flexibility index (Phi) is 4.97. The number of likely N-dealkylation sites (N-methyl/N-ethyl adjacent to an activating group) is 1. The molecule has 1 aromatic carbocycles. The summed E-state index contributed by atoms with van der Waals surface area (Å²) in [5, 5.41) is 4.32. The highest BCUT2D eigenvalue weighted by Gasteiger charge is 2.36. The van der Waals surface area contributed by atoms with Crippen LogP contribution in [0.15, 0.2) is 41.4 Å². The van der Waals surface area contributed by atoms with E-state index in [1.54, 1.807) is 18.7 Å². The van der Waals surface area contributed by atoms with Gasteiger partial charge in [-0.05, 0) is 55.6 Å². The zero-order valence-electron chi connectivity index (χ0n) is 15.8. The van der Waals surface area contributed by atoms with Gasteiger partial charge in [-0.2, -0.15) is 0 Å². The van der Waals surface area contributed by atoms with Crippen LogP contribution in [0.1, 0.15) is 18.2 Å². The van der Waals surface area contributed by atoms with E-state index in [0.717, 1.165) is 41.8 Å². The van der Waals surface area contributed by atoms with Crippen molar-refractivity contribution in [3.63, 3.8) is 0 Å². The van der Waals surface area contributed by atoms with Crippen molar-refractivity contribution in [1.29, 1.82) is 0 Å². The molecule has 27 heavy (non-hydrogen) atoms. The lowest BCUT2D eigenvalue weighted by Crippen LogP contribution is -2.25. The van der Waals surface area contributed by atoms with Gasteiger partial charge in [0.2, 0.25) is 11.5 Å². The van der Waals surface area contributed by atoms with Crippen molar-refractivity contribution in [3.05, 3.63) is 47.7 Å². The first-order chi connectivity index (χ1) is 13.0. The second-order valence-corrected chi connectivity index (χ2v) is 8.23. The average Bonchev–Trinajstić information content (AvgIpc) is 3.27. The summed E-state index contributed by atoms with van der Waals surface area (Å²) < 4.78 is 6.03. The summed E-state index contributed by atoms with van der Waals surface area (Å²) in [4.78, 5) is 20.0. The number of benzene rings is 1. The van der Waals surface area contributed by atoms with Crippen LogP contribution in [-0.4, -0.2) is 52.4 Å². The molecule has 1 saturated heterocycles. The van der Waals surface area contributed by atoms with Crippen molar-refractivity contribution in [2.75, 3.05) is 25.5 Å². The number of amides is 1. The Morgan fingerprint density at radius 3 is 2.81 bits per heavy atom. The molecule has 6 nitrogen and oxygen atoms in total. The van der Waals surface area contributed by atoms with Crippen LogP contribution in [0, 0.1) is 6.92 Å². The number of carbonyl (C=O) groups excluding carboxylic acids is 1. The normalized spacial score (nSPS) is 20.4. The Balaban J connectivity index is 1.27. The summed E-state index contributed by atoms with van der Waals surface area (Å²) >= 11 is 1.59. The molecule has 7 heteroatoms. The Morgan fingerprint density at radius 1 is 1.33 bits per heavy atom. The molecule has 0 radical (unpaired) electrons. The monoisotopic (exact) mass is 384 g/mol. The number of thioether (sulfide) groups is 1. The highest BCUT2D eigenvalue weighted by Crippen LogP contribution is 2.37. The van der Waals surface area contributed by atoms with Crippen LogP contribution in [0.5, 0.6) is 5.75 Å². The second kappa shape index (κ2) is 7.40. The lowest BCUT2D eigenvalue weighted by molar-refractivity contribution is -0.124. The quantitative estimate of drug-likeness (QED) is 0.773. The van der Waals surface area contributed by atoms with Crippen LogP contribution < -0.4 is 10.1 Å². The molecular weight excluding hydrogens is 360 g/mol. The minimum atomic E-state index is -0.157. The lowest BCUT2D eigenvalue weighted by atomic mass is 10.2. The van der Waals surface area contributed by atoms with E-state index < -0.39 is 0 Å². The average molecular weight is 385 g/mol. The Labute approximate surface area is 163 Å². The molecule has 2 atom stereocenters. The van der Waals surface area contributed by atoms with Crippen molar-refractivity contribution < 1.29 is 9.53 Å². The highest BCUT2D eigenvalue weighted by molar-refractivity contribution is 8.00. The number of fused-ring (bicyclic) bond motifs is 1. The smallest absolute Gasteiger partial charge is 0.224 e. The number of nitrogens with zero attached hydrogens (tertiary/aromatic N) is 3. The molecule has 1 unspecified atom stereocenters. The fourth-order valence-electron chi connectivity index (χ4n) is 3.30. The van der Waals surface area contributed by atoms with Gasteiger partial charge in [0.15, 0.2) is 0 Å². The zero-order chi connectivity index (χ0) is 19.0. The van der Waals surface area contributed by atoms with E-state index in [2.05, 4.69) is 34.4 Å². The van der Waals surface area contributed by atoms with Gasteiger partial charge in [-0.25, -0.2) is 4.98 Å². The van der Waals surface area contributed by atoms with Crippen LogP contribution >= 0.6 is 11.8 Å². The topological polar surface area (TPSA) is 57.5 Å². The highest BCUT2D eigenvalue weighted by atomic mass is 32.2. The first kappa shape index (κ1) is 18.1. The fourth-order valence-corrected chi connectivity index (χ4v) is 4.30. The van der Waals surface area contributed by atoms with E-state index in [1.807, 2.05) is 36.1 Å². The molecule has 2 aromatic rings. The summed E-state index contributed by atoms with van der Waals surface area (Å²) in [6.07, 6.45) is 0. The molecule has 1 fully saturated rings. The van der Waals surface area contributed by atoms with E-state index in [0.29, 0.717) is 6.04 Å². The molecule has 4 rings (SSSR count). The van der Waals surface area contributed by atoms with Gasteiger partial charge in [0.05, 0.1) is 11.7 Å². The summed E-state index contributed by atoms with van der Waals surface area (Å²) in [6.45, 7) is 6.27. The van der Waals surface area contributed by atoms with Crippen molar-refractivity contribution in [3.8, 4) is 5.75 Å². The Hall–Kier alpha value is -2.25. The largest absolute Gasteiger partial charge is 0.461 e. The predicted molar refractivity (Wildman–Crippen MR) is 107 cm³/mol. The van der Waals surface area contributed by atoms with Gasteiger partial charge in [0.25, 0.3) is 0 Å². The molecule has 1 aromatic heterocycles. The van der Waals surface area contributed by atoms with Crippen molar-refractivity contribution in [2.24, 2.45) is 0 Å². The maximum atomic E-state index is 11.3. The molecule has 0 saturated carbocycles. The standard InChI is InChI=1S/C20H24N4O2S/c1-13-4-9-18-19(21-13)27-20(22-18)26-17-7-5-15(6-8-17)10-23(3)11-16-12-24(16)14(2)25/h4-9,16,20,22H,10-12H2,1-3H3/t16-,20?,24?/m1/s1. The van der Waals surface area contributed by atoms with Gasteiger partial charge in [0.1, 0.15) is 10.8 Å². The number of pyridine rings is 1. The summed E-state index contributed by atoms with van der Waals surface area (Å²) in [6, 6.07) is 12.6. The fraction of sp³-hybridized carbons (Fsp3) is 0.400. The summed E-state index contributed by atoms with van der Waals surface area (Å²) in [5.41, 5.74) is 3.10. The molecule has 3 heterocycles. The van der Waals surface area contributed by atoms with Crippen LogP contribution in [0.4, 0.5) is 5.69 Å². The minimum absolute atomic E-state index is 0.157. The number of rotatable bonds is 6. The van der Waals surface area contributed by atoms with Gasteiger partial charge in [-0.1, -0.05) is 12.1 Å². The molecule has 1 N–H and O–H groups in total. The van der Waals surface area contributed by atoms with E-state index in [4.69, 9.17) is 4.74 Å². The predicted octanol–water partition coefficient (Wildman–Crippen LogP) is 2.93. The van der Waals surface area contributed by atoms with Crippen LogP contribution in [0.3, 0.4) is 0 Å². The van der Waals surface area contributed by atoms with E-state index >= 15 is 0 Å². The summed E-state index contributed by atoms with van der Waals surface area (Å²) in [7, 11) is 2.09. The second-order valence-electron chi connectivity index (χ2n) is 7.18. The van der Waals surface area contributed by atoms with Crippen LogP contribution in [0.2, 0.25) is 0 Å². The minimum Gasteiger partial charge on any atom is -0.461 e. The number of hydrogen-bond acceptors (Lipinski definition) is 6. The number of ether oxygens (including phenoxy) is 1. The van der Waals surface area contributed by atoms with Crippen LogP contribution in [-0.2, 0) is 11.3 Å². The Bertz CT molecular complexity index is 842. The van der Waals surface area contributed by atoms with E-state index in [9.17, 15) is 4.79 Å². The van der Waals surface area contributed by atoms with Gasteiger partial charge in [-0.3, -0.25) is 4.79 Å². The summed E-state index contributed by atoms with van der Waals surface area (Å²) in [5.74, 6) is 1.00. The van der Waals surface area contributed by atoms with E-state index in [1.165, 1.54) is 5.56 Å². The van der Waals surface area contributed by atoms with E-state index in [-0.39, 0.29) is 11.5 Å². The van der Waals surface area contributed by atoms with Gasteiger partial charge in [-0.15, -0.1) is 0 Å². The molecule has 2 aliphatic heterocycles. The number of anilines is 1. The van der Waals surface area contributed by atoms with Crippen molar-refractivity contribution in [2.45, 2.75) is 37.0 Å². The number of hydrogen-bond donors (Lipinski definition) is 1. The third-order valence-electron chi connectivity index (χ3n) is 4.75. The van der Waals surface area contributed by atoms with Gasteiger partial charge in [0, 0.05) is 32.3 Å². The van der Waals surface area contributed by atoms with Gasteiger partial charge < -0.3 is 19.9 Å². The SMILES string of the molecule is CC(=O)N1C[C@H]1CN(C)Cc1ccc(OC2Nc3ccc(C)nc3S2)cc1. The number of aryl methyl sites for hydroxylation is 1. The maximum Gasteiger partial charge on any atom is 0.224 e. The maximum absolute atomic E-state index is 11.3. The molecule has 1 amide bonds. The first-order valence-electron chi connectivity index (χ1n) is 9.10. The molecule has 0 spiro atoms. The van der Waals surface area contributed by atoms with Gasteiger partial charge >= 0.3 is 0 Å². The number of aromatic nitrogens is 1. The van der Waals surface area contributed by atoms with Crippen molar-refractivity contribution in [1.82, 2.24) is 14.8 Å². The zero-order valence-corrected chi connectivity index (χ0v) is 16.6. The third-order valence-corrected chi connectivity index (χ3v) is 5.71. The lowest BCUT2D eigenvalue weighted by Gasteiger charge is -2.17. The molecular formula is C20H24N4O2S. The molecule has 142 valence electrons. The van der Waals surface area contributed by atoms with Crippen molar-refractivity contribution >= 4 is 23.4 Å². The number of nitrogens with one attached hydrogen (secondary N) is 1. The first-order valence-corrected chi connectivity index (χ1v) is 9.98. The van der Waals surface area contributed by atoms with Crippen LogP contribution in [0.25, 0.3) is 0 Å². The Morgan fingerprint density at radius 2 is 2.11 bits per heavy atom. The molecule has 0 aliphatic carbocycles. The molecule has 2 aliphatic rings. The number of carbonyl (C=O) groups is 1. The third kappa shape index (κ3) is 4.36.